The van der Waals surface area contributed by atoms with E-state index in [0.717, 1.165) is 40.4 Å². The molecule has 2 aromatic heterocycles. The molecular weight excluding hydrogens is 404 g/mol. The van der Waals surface area contributed by atoms with Crippen LogP contribution >= 0.6 is 23.5 Å². The van der Waals surface area contributed by atoms with E-state index in [9.17, 15) is 5.26 Å². The zero-order valence-corrected chi connectivity index (χ0v) is 18.0. The standard InChI is InChI=1S/C21H22N4O2S2/c1-26-20-6-3-5-19-24-12-16(25(19)20)14-9-17(15(11-22)18(10-14)28-2)27-13-21(23)7-4-8-29-21/h3,5-6,9-10,12H,4,7-8,13,23H2,1-2H3/t21-/m0/s1. The molecule has 2 N–H and O–H groups in total. The predicted octanol–water partition coefficient (Wildman–Crippen LogP) is 4.16. The van der Waals surface area contributed by atoms with Crippen LogP contribution in [0, 0.1) is 11.3 Å². The zero-order chi connectivity index (χ0) is 20.4. The molecule has 4 rings (SSSR count). The van der Waals surface area contributed by atoms with Crippen molar-refractivity contribution in [2.45, 2.75) is 22.6 Å². The Bertz CT molecular complexity index is 1080. The van der Waals surface area contributed by atoms with Gasteiger partial charge in [-0.15, -0.1) is 23.5 Å². The second-order valence-electron chi connectivity index (χ2n) is 6.87. The van der Waals surface area contributed by atoms with Gasteiger partial charge in [-0.2, -0.15) is 5.26 Å². The number of pyridine rings is 1. The van der Waals surface area contributed by atoms with E-state index in [1.54, 1.807) is 18.9 Å². The zero-order valence-electron chi connectivity index (χ0n) is 16.3. The Labute approximate surface area is 178 Å². The number of rotatable bonds is 6. The molecule has 0 bridgehead atoms. The number of ether oxygens (including phenoxy) is 2. The van der Waals surface area contributed by atoms with Gasteiger partial charge in [0.15, 0.2) is 5.88 Å². The van der Waals surface area contributed by atoms with Gasteiger partial charge in [-0.05, 0) is 49.1 Å². The molecule has 0 aliphatic carbocycles. The van der Waals surface area contributed by atoms with E-state index in [0.29, 0.717) is 23.8 Å². The van der Waals surface area contributed by atoms with Gasteiger partial charge in [0.1, 0.15) is 29.6 Å². The first-order valence-corrected chi connectivity index (χ1v) is 11.5. The van der Waals surface area contributed by atoms with Gasteiger partial charge in [0.05, 0.1) is 23.9 Å². The number of fused-ring (bicyclic) bond motifs is 1. The molecule has 1 saturated heterocycles. The van der Waals surface area contributed by atoms with Crippen molar-refractivity contribution in [3.63, 3.8) is 0 Å². The van der Waals surface area contributed by atoms with E-state index < -0.39 is 4.87 Å². The monoisotopic (exact) mass is 426 g/mol. The smallest absolute Gasteiger partial charge is 0.199 e. The predicted molar refractivity (Wildman–Crippen MR) is 118 cm³/mol. The molecule has 1 fully saturated rings. The molecular formula is C21H22N4O2S2. The van der Waals surface area contributed by atoms with Crippen LogP contribution in [0.5, 0.6) is 11.6 Å². The number of hydrogen-bond acceptors (Lipinski definition) is 7. The van der Waals surface area contributed by atoms with Crippen LogP contribution in [0.4, 0.5) is 0 Å². The highest BCUT2D eigenvalue weighted by Crippen LogP contribution is 2.38. The number of thioether (sulfide) groups is 2. The van der Waals surface area contributed by atoms with Gasteiger partial charge < -0.3 is 15.2 Å². The van der Waals surface area contributed by atoms with Crippen LogP contribution in [0.1, 0.15) is 18.4 Å². The van der Waals surface area contributed by atoms with Crippen molar-refractivity contribution in [3.8, 4) is 29.0 Å². The summed E-state index contributed by atoms with van der Waals surface area (Å²) in [7, 11) is 1.64. The fourth-order valence-electron chi connectivity index (χ4n) is 3.52. The van der Waals surface area contributed by atoms with Crippen LogP contribution in [0.3, 0.4) is 0 Å². The Morgan fingerprint density at radius 1 is 1.41 bits per heavy atom. The molecule has 150 valence electrons. The summed E-state index contributed by atoms with van der Waals surface area (Å²) in [4.78, 5) is 4.96. The maximum atomic E-state index is 9.74. The van der Waals surface area contributed by atoms with Gasteiger partial charge in [-0.3, -0.25) is 4.40 Å². The Morgan fingerprint density at radius 3 is 2.97 bits per heavy atom. The Hall–Kier alpha value is -2.34. The first kappa shape index (κ1) is 20.0. The van der Waals surface area contributed by atoms with E-state index in [1.807, 2.05) is 47.2 Å². The Kier molecular flexibility index (Phi) is 5.63. The van der Waals surface area contributed by atoms with Gasteiger partial charge >= 0.3 is 0 Å². The third-order valence-corrected chi connectivity index (χ3v) is 7.15. The van der Waals surface area contributed by atoms with E-state index in [1.165, 1.54) is 11.8 Å². The van der Waals surface area contributed by atoms with Crippen molar-refractivity contribution < 1.29 is 9.47 Å². The van der Waals surface area contributed by atoms with Crippen LogP contribution in [0.15, 0.2) is 41.4 Å². The molecule has 0 spiro atoms. The lowest BCUT2D eigenvalue weighted by Gasteiger charge is -2.23. The molecule has 1 aromatic carbocycles. The summed E-state index contributed by atoms with van der Waals surface area (Å²) in [6, 6.07) is 11.9. The highest BCUT2D eigenvalue weighted by molar-refractivity contribution is 8.00. The molecule has 1 atom stereocenters. The van der Waals surface area contributed by atoms with Crippen LogP contribution in [-0.2, 0) is 0 Å². The first-order valence-electron chi connectivity index (χ1n) is 9.27. The lowest BCUT2D eigenvalue weighted by molar-refractivity contribution is 0.268. The molecule has 1 aliphatic rings. The number of methoxy groups -OCH3 is 1. The largest absolute Gasteiger partial charge is 0.489 e. The van der Waals surface area contributed by atoms with Gasteiger partial charge in [-0.1, -0.05) is 6.07 Å². The SMILES string of the molecule is COc1cccc2ncc(-c3cc(OC[C@]4(N)CCCS4)c(C#N)c(SC)c3)n12. The van der Waals surface area contributed by atoms with Crippen LogP contribution < -0.4 is 15.2 Å². The summed E-state index contributed by atoms with van der Waals surface area (Å²) in [6.45, 7) is 0.375. The van der Waals surface area contributed by atoms with Crippen molar-refractivity contribution >= 4 is 29.2 Å². The minimum absolute atomic E-state index is 0.375. The summed E-state index contributed by atoms with van der Waals surface area (Å²) < 4.78 is 13.6. The number of hydrogen-bond donors (Lipinski definition) is 1. The van der Waals surface area contributed by atoms with Gasteiger partial charge in [0.2, 0.25) is 0 Å². The van der Waals surface area contributed by atoms with Crippen LogP contribution in [0.2, 0.25) is 0 Å². The van der Waals surface area contributed by atoms with Gasteiger partial charge in [-0.25, -0.2) is 4.98 Å². The quantitative estimate of drug-likeness (QED) is 0.592. The van der Waals surface area contributed by atoms with Crippen molar-refractivity contribution in [2.75, 3.05) is 25.7 Å². The molecule has 8 heteroatoms. The number of nitrogens with two attached hydrogens (primary N) is 1. The van der Waals surface area contributed by atoms with Gasteiger partial charge in [0, 0.05) is 10.5 Å². The fraction of sp³-hybridized carbons (Fsp3) is 0.333. The van der Waals surface area contributed by atoms with Crippen molar-refractivity contribution in [1.29, 1.82) is 5.26 Å². The molecule has 3 heterocycles. The number of nitrogens with zero attached hydrogens (tertiary/aromatic N) is 3. The Morgan fingerprint density at radius 2 is 2.28 bits per heavy atom. The Balaban J connectivity index is 1.80. The maximum absolute atomic E-state index is 9.74. The van der Waals surface area contributed by atoms with Crippen molar-refractivity contribution in [3.05, 3.63) is 42.1 Å². The van der Waals surface area contributed by atoms with Crippen LogP contribution in [0.25, 0.3) is 16.9 Å². The third-order valence-electron chi connectivity index (χ3n) is 5.00. The van der Waals surface area contributed by atoms with E-state index in [2.05, 4.69) is 11.1 Å². The topological polar surface area (TPSA) is 85.6 Å². The van der Waals surface area contributed by atoms with E-state index >= 15 is 0 Å². The second kappa shape index (κ2) is 8.19. The fourth-order valence-corrected chi connectivity index (χ4v) is 5.25. The minimum atomic E-state index is -0.394. The maximum Gasteiger partial charge on any atom is 0.199 e. The average molecular weight is 427 g/mol. The molecule has 3 aromatic rings. The summed E-state index contributed by atoms with van der Waals surface area (Å²) in [5.41, 5.74) is 9.54. The number of benzene rings is 1. The first-order chi connectivity index (χ1) is 14.1. The highest BCUT2D eigenvalue weighted by atomic mass is 32.2. The highest BCUT2D eigenvalue weighted by Gasteiger charge is 2.31. The number of nitriles is 1. The summed E-state index contributed by atoms with van der Waals surface area (Å²) in [5, 5.41) is 9.74. The lowest BCUT2D eigenvalue weighted by atomic mass is 10.1. The molecule has 0 saturated carbocycles. The van der Waals surface area contributed by atoms with Crippen molar-refractivity contribution in [1.82, 2.24) is 9.38 Å². The molecule has 6 nitrogen and oxygen atoms in total. The summed E-state index contributed by atoms with van der Waals surface area (Å²) >= 11 is 3.25. The van der Waals surface area contributed by atoms with E-state index in [4.69, 9.17) is 15.2 Å². The normalized spacial score (nSPS) is 18.7. The van der Waals surface area contributed by atoms with E-state index in [-0.39, 0.29) is 0 Å². The lowest BCUT2D eigenvalue weighted by Crippen LogP contribution is -2.39. The molecule has 1 aliphatic heterocycles. The summed E-state index contributed by atoms with van der Waals surface area (Å²) in [5.74, 6) is 2.29. The van der Waals surface area contributed by atoms with Crippen molar-refractivity contribution in [2.24, 2.45) is 5.73 Å². The molecule has 0 amide bonds. The average Bonchev–Trinajstić information content (AvgIpc) is 3.38. The minimum Gasteiger partial charge on any atom is -0.489 e. The van der Waals surface area contributed by atoms with Gasteiger partial charge in [0.25, 0.3) is 0 Å². The molecule has 29 heavy (non-hydrogen) atoms. The molecule has 0 radical (unpaired) electrons. The second-order valence-corrected chi connectivity index (χ2v) is 9.23. The number of aromatic nitrogens is 2. The number of imidazole rings is 1. The van der Waals surface area contributed by atoms with Crippen LogP contribution in [-0.4, -0.2) is 40.0 Å². The third kappa shape index (κ3) is 3.78. The molecule has 0 unspecified atom stereocenters. The summed E-state index contributed by atoms with van der Waals surface area (Å²) in [6.07, 6.45) is 5.77.